The molecule has 0 fully saturated rings. The first kappa shape index (κ1) is 10.8. The van der Waals surface area contributed by atoms with E-state index in [9.17, 15) is 0 Å². The Morgan fingerprint density at radius 3 is 2.43 bits per heavy atom. The summed E-state index contributed by atoms with van der Waals surface area (Å²) in [5.41, 5.74) is 0. The number of rotatable bonds is 0. The summed E-state index contributed by atoms with van der Waals surface area (Å²) in [7, 11) is 0. The van der Waals surface area contributed by atoms with E-state index in [4.69, 9.17) is 0 Å². The highest BCUT2D eigenvalue weighted by Gasteiger charge is 1.77. The molecule has 14 heavy (non-hydrogen) atoms. The predicted molar refractivity (Wildman–Crippen MR) is 62.8 cm³/mol. The molecule has 0 bridgehead atoms. The third-order valence-corrected chi connectivity index (χ3v) is 1.91. The lowest BCUT2D eigenvalue weighted by molar-refractivity contribution is 1.02. The van der Waals surface area contributed by atoms with Crippen LogP contribution < -0.4 is 0 Å². The molecule has 0 saturated carbocycles. The van der Waals surface area contributed by atoms with Crippen LogP contribution in [0.2, 0.25) is 0 Å². The van der Waals surface area contributed by atoms with Crippen LogP contribution in [0.5, 0.6) is 0 Å². The second-order valence-electron chi connectivity index (χ2n) is 3.14. The summed E-state index contributed by atoms with van der Waals surface area (Å²) in [6.07, 6.45) is 26.5. The zero-order valence-electron chi connectivity index (χ0n) is 8.52. The molecule has 0 aromatic carbocycles. The van der Waals surface area contributed by atoms with Crippen molar-refractivity contribution in [3.05, 3.63) is 60.8 Å². The molecular weight excluding hydrogens is 168 g/mol. The molecule has 0 nitrogen and oxygen atoms in total. The maximum atomic E-state index is 3.22. The molecule has 0 aromatic rings. The molecule has 1 radical (unpaired) electrons. The van der Waals surface area contributed by atoms with E-state index in [1.54, 1.807) is 0 Å². The molecule has 0 unspecified atom stereocenters. The summed E-state index contributed by atoms with van der Waals surface area (Å²) >= 11 is 0. The molecule has 0 aliphatic heterocycles. The van der Waals surface area contributed by atoms with Crippen molar-refractivity contribution in [1.29, 1.82) is 0 Å². The lowest BCUT2D eigenvalue weighted by atomic mass is 10.2. The number of allylic oxidation sites excluding steroid dienone is 10. The van der Waals surface area contributed by atoms with Crippen molar-refractivity contribution in [2.45, 2.75) is 25.7 Å². The Morgan fingerprint density at radius 2 is 1.50 bits per heavy atom. The molecule has 0 aromatic heterocycles. The van der Waals surface area contributed by atoms with Crippen molar-refractivity contribution in [1.82, 2.24) is 0 Å². The molecule has 0 heteroatoms. The maximum Gasteiger partial charge on any atom is -0.0166 e. The smallest absolute Gasteiger partial charge is 0.0166 e. The Bertz CT molecular complexity index is 262. The minimum atomic E-state index is 1.01. The van der Waals surface area contributed by atoms with Gasteiger partial charge < -0.3 is 0 Å². The van der Waals surface area contributed by atoms with Crippen molar-refractivity contribution in [2.24, 2.45) is 0 Å². The Morgan fingerprint density at radius 1 is 0.714 bits per heavy atom. The SMILES string of the molecule is [C]1=CC=CC=CCC=CCC=CCC1. The minimum Gasteiger partial charge on any atom is -0.0879 e. The highest BCUT2D eigenvalue weighted by Crippen LogP contribution is 1.97. The fourth-order valence-corrected chi connectivity index (χ4v) is 1.16. The first-order chi connectivity index (χ1) is 7.00. The zero-order valence-corrected chi connectivity index (χ0v) is 8.52. The first-order valence-electron chi connectivity index (χ1n) is 5.18. The Hall–Kier alpha value is -1.30. The van der Waals surface area contributed by atoms with Crippen molar-refractivity contribution in [3.63, 3.8) is 0 Å². The molecular formula is C14H17. The second-order valence-corrected chi connectivity index (χ2v) is 3.14. The Balaban J connectivity index is 2.45. The summed E-state index contributed by atoms with van der Waals surface area (Å²) in [6.45, 7) is 0. The third-order valence-electron chi connectivity index (χ3n) is 1.91. The molecule has 0 N–H and O–H groups in total. The van der Waals surface area contributed by atoms with Gasteiger partial charge in [-0.1, -0.05) is 54.7 Å². The average molecular weight is 185 g/mol. The van der Waals surface area contributed by atoms with Gasteiger partial charge in [0.1, 0.15) is 0 Å². The van der Waals surface area contributed by atoms with Gasteiger partial charge in [-0.2, -0.15) is 0 Å². The van der Waals surface area contributed by atoms with Crippen molar-refractivity contribution < 1.29 is 0 Å². The van der Waals surface area contributed by atoms with Crippen LogP contribution in [0.4, 0.5) is 0 Å². The minimum absolute atomic E-state index is 1.01. The van der Waals surface area contributed by atoms with Crippen molar-refractivity contribution in [3.8, 4) is 0 Å². The van der Waals surface area contributed by atoms with E-state index >= 15 is 0 Å². The van der Waals surface area contributed by atoms with E-state index < -0.39 is 0 Å². The molecule has 0 spiro atoms. The molecule has 0 saturated heterocycles. The van der Waals surface area contributed by atoms with E-state index in [1.165, 1.54) is 0 Å². The second kappa shape index (κ2) is 8.31. The number of hydrogen-bond donors (Lipinski definition) is 0. The van der Waals surface area contributed by atoms with E-state index in [0.717, 1.165) is 25.7 Å². The maximum absolute atomic E-state index is 3.22. The Labute approximate surface area is 87.0 Å². The van der Waals surface area contributed by atoms with Crippen molar-refractivity contribution >= 4 is 0 Å². The normalized spacial score (nSPS) is 18.3. The third kappa shape index (κ3) is 6.24. The van der Waals surface area contributed by atoms with Gasteiger partial charge in [0, 0.05) is 0 Å². The molecule has 1 aliphatic carbocycles. The Kier molecular flexibility index (Phi) is 6.39. The fraction of sp³-hybridized carbons (Fsp3) is 0.286. The van der Waals surface area contributed by atoms with Crippen LogP contribution in [-0.4, -0.2) is 0 Å². The fourth-order valence-electron chi connectivity index (χ4n) is 1.16. The van der Waals surface area contributed by atoms with E-state index in [0.29, 0.717) is 0 Å². The monoisotopic (exact) mass is 185 g/mol. The molecule has 0 amide bonds. The van der Waals surface area contributed by atoms with E-state index in [1.807, 2.05) is 18.2 Å². The van der Waals surface area contributed by atoms with Gasteiger partial charge in [0.2, 0.25) is 0 Å². The lowest BCUT2D eigenvalue weighted by Gasteiger charge is -1.86. The summed E-state index contributed by atoms with van der Waals surface area (Å²) in [6, 6.07) is 0. The number of hydrogen-bond acceptors (Lipinski definition) is 0. The largest absolute Gasteiger partial charge is 0.0879 e. The van der Waals surface area contributed by atoms with Crippen LogP contribution in [0.25, 0.3) is 0 Å². The van der Waals surface area contributed by atoms with Crippen LogP contribution in [0.3, 0.4) is 0 Å². The first-order valence-corrected chi connectivity index (χ1v) is 5.18. The van der Waals surface area contributed by atoms with Gasteiger partial charge >= 0.3 is 0 Å². The van der Waals surface area contributed by atoms with Crippen LogP contribution in [0, 0.1) is 6.08 Å². The van der Waals surface area contributed by atoms with Gasteiger partial charge in [-0.05, 0) is 31.8 Å². The molecule has 1 aliphatic rings. The molecule has 0 atom stereocenters. The van der Waals surface area contributed by atoms with Crippen LogP contribution in [0.15, 0.2) is 54.7 Å². The highest BCUT2D eigenvalue weighted by atomic mass is 13.8. The van der Waals surface area contributed by atoms with E-state index in [-0.39, 0.29) is 0 Å². The van der Waals surface area contributed by atoms with Gasteiger partial charge in [-0.15, -0.1) is 0 Å². The zero-order chi connectivity index (χ0) is 9.90. The van der Waals surface area contributed by atoms with Crippen molar-refractivity contribution in [2.75, 3.05) is 0 Å². The lowest BCUT2D eigenvalue weighted by Crippen LogP contribution is -1.67. The van der Waals surface area contributed by atoms with Crippen LogP contribution in [0.1, 0.15) is 25.7 Å². The quantitative estimate of drug-likeness (QED) is 0.497. The van der Waals surface area contributed by atoms with Crippen LogP contribution >= 0.6 is 0 Å². The molecule has 73 valence electrons. The standard InChI is InChI=1S/C14H17/c1-2-4-6-8-10-12-14-13-11-9-7-5-3-1/h1-5,8,10,13-14H,6,9,11-12H2. The van der Waals surface area contributed by atoms with Gasteiger partial charge in [0.05, 0.1) is 0 Å². The van der Waals surface area contributed by atoms with Gasteiger partial charge in [0.25, 0.3) is 0 Å². The summed E-state index contributed by atoms with van der Waals surface area (Å²) in [5, 5.41) is 0. The van der Waals surface area contributed by atoms with Gasteiger partial charge in [0.15, 0.2) is 0 Å². The average Bonchev–Trinajstić information content (AvgIpc) is 2.22. The van der Waals surface area contributed by atoms with Gasteiger partial charge in [-0.3, -0.25) is 0 Å². The van der Waals surface area contributed by atoms with Crippen LogP contribution in [-0.2, 0) is 0 Å². The molecule has 0 heterocycles. The topological polar surface area (TPSA) is 0 Å². The van der Waals surface area contributed by atoms with Gasteiger partial charge in [-0.25, -0.2) is 0 Å². The summed E-state index contributed by atoms with van der Waals surface area (Å²) < 4.78 is 0. The highest BCUT2D eigenvalue weighted by molar-refractivity contribution is 5.11. The predicted octanol–water partition coefficient (Wildman–Crippen LogP) is 4.14. The van der Waals surface area contributed by atoms with E-state index in [2.05, 4.69) is 42.5 Å². The summed E-state index contributed by atoms with van der Waals surface area (Å²) in [4.78, 5) is 0. The molecule has 1 rings (SSSR count). The summed E-state index contributed by atoms with van der Waals surface area (Å²) in [5.74, 6) is 0.